The van der Waals surface area contributed by atoms with E-state index in [0.29, 0.717) is 0 Å². The van der Waals surface area contributed by atoms with Crippen molar-refractivity contribution < 1.29 is 0 Å². The summed E-state index contributed by atoms with van der Waals surface area (Å²) in [6.07, 6.45) is 0. The molecule has 3 heterocycles. The molecule has 0 fully saturated rings. The third-order valence-electron chi connectivity index (χ3n) is 13.2. The van der Waals surface area contributed by atoms with Crippen molar-refractivity contribution in [2.24, 2.45) is 0 Å². The highest BCUT2D eigenvalue weighted by atomic mass is 15.2. The molecule has 0 spiro atoms. The highest BCUT2D eigenvalue weighted by Gasteiger charge is 2.45. The summed E-state index contributed by atoms with van der Waals surface area (Å²) in [6.45, 7) is 14.3. The van der Waals surface area contributed by atoms with E-state index in [4.69, 9.17) is 0 Å². The SMILES string of the molecule is CC1(C)c2ccccc2-c2cc3c4ccccc4n(-c4ccc(-c5cc6c7c(c5)C(C)(C)c5ccccc5N7c5ccccc5C6(C)C)cc4)c3cc21. The van der Waals surface area contributed by atoms with Crippen molar-refractivity contribution in [3.05, 3.63) is 179 Å². The maximum absolute atomic E-state index is 2.54. The van der Waals surface area contributed by atoms with Gasteiger partial charge in [0.2, 0.25) is 0 Å². The van der Waals surface area contributed by atoms with Crippen LogP contribution in [0.4, 0.5) is 17.1 Å². The van der Waals surface area contributed by atoms with Gasteiger partial charge in [0.05, 0.1) is 28.1 Å². The van der Waals surface area contributed by atoms with Crippen molar-refractivity contribution in [1.82, 2.24) is 4.57 Å². The van der Waals surface area contributed by atoms with Gasteiger partial charge in [0.25, 0.3) is 0 Å². The monoisotopic (exact) mass is 682 g/mol. The number of aromatic nitrogens is 1. The van der Waals surface area contributed by atoms with Crippen molar-refractivity contribution in [2.75, 3.05) is 4.90 Å². The number of rotatable bonds is 2. The van der Waals surface area contributed by atoms with Crippen LogP contribution in [-0.2, 0) is 16.2 Å². The fourth-order valence-electron chi connectivity index (χ4n) is 10.3. The molecular formula is C51H42N2. The first-order chi connectivity index (χ1) is 25.6. The van der Waals surface area contributed by atoms with Crippen LogP contribution in [-0.4, -0.2) is 4.57 Å². The molecule has 0 saturated carbocycles. The summed E-state index contributed by atoms with van der Waals surface area (Å²) >= 11 is 0. The zero-order valence-corrected chi connectivity index (χ0v) is 31.3. The molecule has 1 aliphatic carbocycles. The number of para-hydroxylation sites is 3. The second kappa shape index (κ2) is 10.2. The molecule has 0 amide bonds. The molecule has 0 saturated heterocycles. The van der Waals surface area contributed by atoms with Gasteiger partial charge < -0.3 is 9.47 Å². The fourth-order valence-corrected chi connectivity index (χ4v) is 10.3. The minimum Gasteiger partial charge on any atom is -0.309 e. The van der Waals surface area contributed by atoms with Crippen molar-refractivity contribution in [3.8, 4) is 27.9 Å². The zero-order valence-electron chi connectivity index (χ0n) is 31.3. The Morgan fingerprint density at radius 1 is 0.377 bits per heavy atom. The van der Waals surface area contributed by atoms with Crippen LogP contribution in [0.25, 0.3) is 49.7 Å². The van der Waals surface area contributed by atoms with E-state index >= 15 is 0 Å². The van der Waals surface area contributed by atoms with Crippen LogP contribution in [0, 0.1) is 0 Å². The van der Waals surface area contributed by atoms with Gasteiger partial charge in [0.15, 0.2) is 0 Å². The molecule has 7 aromatic carbocycles. The van der Waals surface area contributed by atoms with E-state index < -0.39 is 0 Å². The van der Waals surface area contributed by atoms with Gasteiger partial charge >= 0.3 is 0 Å². The Kier molecular flexibility index (Phi) is 5.90. The summed E-state index contributed by atoms with van der Waals surface area (Å²) in [6, 6.07) is 55.0. The molecular weight excluding hydrogens is 641 g/mol. The van der Waals surface area contributed by atoms with Gasteiger partial charge in [-0.15, -0.1) is 0 Å². The van der Waals surface area contributed by atoms with Gasteiger partial charge in [-0.05, 0) is 110 Å². The Hall–Kier alpha value is -5.86. The lowest BCUT2D eigenvalue weighted by atomic mass is 9.65. The average Bonchev–Trinajstić information content (AvgIpc) is 3.61. The zero-order chi connectivity index (χ0) is 36.0. The first kappa shape index (κ1) is 30.7. The van der Waals surface area contributed by atoms with Gasteiger partial charge in [0, 0.05) is 32.7 Å². The van der Waals surface area contributed by atoms with Crippen molar-refractivity contribution in [2.45, 2.75) is 57.8 Å². The molecule has 256 valence electrons. The number of fused-ring (bicyclic) bond motifs is 10. The Balaban J connectivity index is 1.09. The molecule has 0 radical (unpaired) electrons. The van der Waals surface area contributed by atoms with E-state index in [2.05, 4.69) is 197 Å². The molecule has 2 nitrogen and oxygen atoms in total. The second-order valence-corrected chi connectivity index (χ2v) is 17.0. The van der Waals surface area contributed by atoms with Crippen LogP contribution in [0.2, 0.25) is 0 Å². The predicted octanol–water partition coefficient (Wildman–Crippen LogP) is 13.5. The Labute approximate surface area is 312 Å². The van der Waals surface area contributed by atoms with Crippen molar-refractivity contribution in [3.63, 3.8) is 0 Å². The molecule has 0 unspecified atom stereocenters. The van der Waals surface area contributed by atoms with Gasteiger partial charge in [-0.25, -0.2) is 0 Å². The van der Waals surface area contributed by atoms with E-state index in [1.165, 1.54) is 100 Å². The Morgan fingerprint density at radius 2 is 0.925 bits per heavy atom. The minimum atomic E-state index is -0.161. The van der Waals surface area contributed by atoms with E-state index in [1.807, 2.05) is 0 Å². The topological polar surface area (TPSA) is 8.17 Å². The summed E-state index contributed by atoms with van der Waals surface area (Å²) in [5.41, 5.74) is 20.8. The molecule has 3 aliphatic rings. The van der Waals surface area contributed by atoms with E-state index in [-0.39, 0.29) is 16.2 Å². The molecule has 0 N–H and O–H groups in total. The lowest BCUT2D eigenvalue weighted by Gasteiger charge is -2.49. The minimum absolute atomic E-state index is 0.0594. The molecule has 2 aliphatic heterocycles. The first-order valence-electron chi connectivity index (χ1n) is 19.0. The van der Waals surface area contributed by atoms with Crippen molar-refractivity contribution in [1.29, 1.82) is 0 Å². The summed E-state index contributed by atoms with van der Waals surface area (Å²) < 4.78 is 2.47. The van der Waals surface area contributed by atoms with Gasteiger partial charge in [-0.2, -0.15) is 0 Å². The lowest BCUT2D eigenvalue weighted by molar-refractivity contribution is 0.598. The van der Waals surface area contributed by atoms with E-state index in [9.17, 15) is 0 Å². The molecule has 0 bridgehead atoms. The van der Waals surface area contributed by atoms with Crippen molar-refractivity contribution >= 4 is 38.9 Å². The first-order valence-corrected chi connectivity index (χ1v) is 19.0. The van der Waals surface area contributed by atoms with Crippen LogP contribution in [0.3, 0.4) is 0 Å². The summed E-state index contributed by atoms with van der Waals surface area (Å²) in [4.78, 5) is 2.54. The Bertz CT molecular complexity index is 2780. The van der Waals surface area contributed by atoms with E-state index in [0.717, 1.165) is 0 Å². The number of hydrogen-bond acceptors (Lipinski definition) is 1. The van der Waals surface area contributed by atoms with Crippen LogP contribution >= 0.6 is 0 Å². The maximum atomic E-state index is 2.54. The van der Waals surface area contributed by atoms with Gasteiger partial charge in [-0.3, -0.25) is 0 Å². The van der Waals surface area contributed by atoms with Gasteiger partial charge in [0.1, 0.15) is 0 Å². The smallest absolute Gasteiger partial charge is 0.0544 e. The highest BCUT2D eigenvalue weighted by Crippen LogP contribution is 2.60. The number of hydrogen-bond donors (Lipinski definition) is 0. The second-order valence-electron chi connectivity index (χ2n) is 17.0. The van der Waals surface area contributed by atoms with E-state index in [1.54, 1.807) is 0 Å². The average molecular weight is 683 g/mol. The standard InChI is InChI=1S/C51H42N2/c1-49(2)38-17-9-7-15-34(38)36-29-37-35-16-8-12-20-44(35)52(47(37)30-41(36)49)33-25-23-31(24-26-33)32-27-42-48-43(28-32)51(5,6)40-19-11-14-22-46(40)53(48)45-21-13-10-18-39(45)50(42,3)4/h7-30H,1-6H3. The number of benzene rings is 7. The van der Waals surface area contributed by atoms with Crippen LogP contribution in [0.5, 0.6) is 0 Å². The largest absolute Gasteiger partial charge is 0.309 e. The molecule has 0 atom stereocenters. The molecule has 53 heavy (non-hydrogen) atoms. The molecule has 2 heteroatoms. The quantitative estimate of drug-likeness (QED) is 0.176. The lowest BCUT2D eigenvalue weighted by Crippen LogP contribution is -2.38. The van der Waals surface area contributed by atoms with Crippen LogP contribution < -0.4 is 4.90 Å². The van der Waals surface area contributed by atoms with Crippen LogP contribution in [0.1, 0.15) is 74.9 Å². The summed E-state index contributed by atoms with van der Waals surface area (Å²) in [5.74, 6) is 0. The predicted molar refractivity (Wildman–Crippen MR) is 223 cm³/mol. The fraction of sp³-hybridized carbons (Fsp3) is 0.176. The third-order valence-corrected chi connectivity index (χ3v) is 13.2. The number of anilines is 3. The van der Waals surface area contributed by atoms with Crippen LogP contribution in [0.15, 0.2) is 146 Å². The molecule has 8 aromatic rings. The number of nitrogens with zero attached hydrogens (tertiary/aromatic N) is 2. The normalized spacial score (nSPS) is 16.5. The molecule has 1 aromatic heterocycles. The third kappa shape index (κ3) is 3.88. The Morgan fingerprint density at radius 3 is 1.58 bits per heavy atom. The highest BCUT2D eigenvalue weighted by molar-refractivity contribution is 6.11. The maximum Gasteiger partial charge on any atom is 0.0544 e. The summed E-state index contributed by atoms with van der Waals surface area (Å²) in [5, 5.41) is 2.60. The van der Waals surface area contributed by atoms with Gasteiger partial charge in [-0.1, -0.05) is 133 Å². The molecule has 11 rings (SSSR count). The summed E-state index contributed by atoms with van der Waals surface area (Å²) in [7, 11) is 0.